The zero-order valence-corrected chi connectivity index (χ0v) is 12.4. The Hall–Kier alpha value is -1.09. The SMILES string of the molecule is CC(C)N(CCO)S(=O)(=O)c1cccnc1C(N)=S. The summed E-state index contributed by atoms with van der Waals surface area (Å²) in [6, 6.07) is 2.62. The summed E-state index contributed by atoms with van der Waals surface area (Å²) < 4.78 is 26.3. The van der Waals surface area contributed by atoms with Gasteiger partial charge in [-0.15, -0.1) is 0 Å². The summed E-state index contributed by atoms with van der Waals surface area (Å²) in [5.74, 6) is 0. The molecule has 3 N–H and O–H groups in total. The minimum atomic E-state index is -3.79. The predicted molar refractivity (Wildman–Crippen MR) is 76.2 cm³/mol. The first-order valence-corrected chi connectivity index (χ1v) is 7.54. The van der Waals surface area contributed by atoms with E-state index >= 15 is 0 Å². The van der Waals surface area contributed by atoms with E-state index in [1.807, 2.05) is 0 Å². The molecule has 0 aromatic carbocycles. The lowest BCUT2D eigenvalue weighted by Gasteiger charge is -2.25. The summed E-state index contributed by atoms with van der Waals surface area (Å²) in [4.78, 5) is 3.80. The lowest BCUT2D eigenvalue weighted by Crippen LogP contribution is -2.39. The Balaban J connectivity index is 3.37. The van der Waals surface area contributed by atoms with Crippen LogP contribution in [-0.2, 0) is 10.0 Å². The van der Waals surface area contributed by atoms with Crippen molar-refractivity contribution in [1.29, 1.82) is 0 Å². The summed E-state index contributed by atoms with van der Waals surface area (Å²) in [5, 5.41) is 9.00. The van der Waals surface area contributed by atoms with E-state index in [9.17, 15) is 8.42 Å². The summed E-state index contributed by atoms with van der Waals surface area (Å²) in [6.45, 7) is 3.19. The minimum absolute atomic E-state index is 0.00562. The molecular weight excluding hydrogens is 286 g/mol. The molecule has 0 radical (unpaired) electrons. The Morgan fingerprint density at radius 2 is 2.21 bits per heavy atom. The number of sulfonamides is 1. The van der Waals surface area contributed by atoms with Crippen LogP contribution in [0.1, 0.15) is 19.5 Å². The molecule has 0 aliphatic heterocycles. The van der Waals surface area contributed by atoms with Gasteiger partial charge in [0.15, 0.2) is 0 Å². The monoisotopic (exact) mass is 303 g/mol. The van der Waals surface area contributed by atoms with Gasteiger partial charge in [-0.05, 0) is 26.0 Å². The van der Waals surface area contributed by atoms with Crippen molar-refractivity contribution in [2.75, 3.05) is 13.2 Å². The van der Waals surface area contributed by atoms with E-state index in [1.165, 1.54) is 22.6 Å². The second-order valence-corrected chi connectivity index (χ2v) is 6.45. The van der Waals surface area contributed by atoms with Gasteiger partial charge in [0, 0.05) is 18.8 Å². The van der Waals surface area contributed by atoms with Crippen molar-refractivity contribution >= 4 is 27.2 Å². The molecule has 8 heteroatoms. The van der Waals surface area contributed by atoms with Crippen LogP contribution in [0.3, 0.4) is 0 Å². The van der Waals surface area contributed by atoms with Gasteiger partial charge >= 0.3 is 0 Å². The molecular formula is C11H17N3O3S2. The molecule has 0 amide bonds. The van der Waals surface area contributed by atoms with Crippen molar-refractivity contribution in [3.63, 3.8) is 0 Å². The van der Waals surface area contributed by atoms with Gasteiger partial charge in [0.1, 0.15) is 15.6 Å². The fourth-order valence-corrected chi connectivity index (χ4v) is 3.68. The van der Waals surface area contributed by atoms with Gasteiger partial charge in [-0.1, -0.05) is 12.2 Å². The third kappa shape index (κ3) is 3.47. The third-order valence-electron chi connectivity index (χ3n) is 2.49. The molecule has 19 heavy (non-hydrogen) atoms. The fraction of sp³-hybridized carbons (Fsp3) is 0.455. The van der Waals surface area contributed by atoms with Gasteiger partial charge in [0.2, 0.25) is 10.0 Å². The number of nitrogens with two attached hydrogens (primary N) is 1. The molecule has 1 heterocycles. The van der Waals surface area contributed by atoms with Crippen LogP contribution in [0.15, 0.2) is 23.2 Å². The van der Waals surface area contributed by atoms with Crippen LogP contribution >= 0.6 is 12.2 Å². The molecule has 0 aliphatic rings. The van der Waals surface area contributed by atoms with Crippen LogP contribution in [0.25, 0.3) is 0 Å². The summed E-state index contributed by atoms with van der Waals surface area (Å²) in [5.41, 5.74) is 5.57. The Kier molecular flexibility index (Phi) is 5.36. The first kappa shape index (κ1) is 16.0. The van der Waals surface area contributed by atoms with Crippen LogP contribution in [0.5, 0.6) is 0 Å². The lowest BCUT2D eigenvalue weighted by molar-refractivity contribution is 0.236. The molecule has 1 aromatic heterocycles. The van der Waals surface area contributed by atoms with Crippen LogP contribution in [0.2, 0.25) is 0 Å². The molecule has 1 aromatic rings. The number of aromatic nitrogens is 1. The highest BCUT2D eigenvalue weighted by atomic mass is 32.2. The van der Waals surface area contributed by atoms with Gasteiger partial charge in [-0.3, -0.25) is 4.98 Å². The zero-order valence-electron chi connectivity index (χ0n) is 10.8. The number of thiocarbonyl (C=S) groups is 1. The van der Waals surface area contributed by atoms with Crippen molar-refractivity contribution in [2.45, 2.75) is 24.8 Å². The largest absolute Gasteiger partial charge is 0.395 e. The van der Waals surface area contributed by atoms with Gasteiger partial charge < -0.3 is 10.8 Å². The molecule has 6 nitrogen and oxygen atoms in total. The van der Waals surface area contributed by atoms with Crippen molar-refractivity contribution in [2.24, 2.45) is 5.73 Å². The lowest BCUT2D eigenvalue weighted by atomic mass is 10.3. The van der Waals surface area contributed by atoms with E-state index in [2.05, 4.69) is 4.98 Å². The fourth-order valence-electron chi connectivity index (χ4n) is 1.66. The minimum Gasteiger partial charge on any atom is -0.395 e. The van der Waals surface area contributed by atoms with E-state index in [-0.39, 0.29) is 34.8 Å². The number of aliphatic hydroxyl groups is 1. The number of hydrogen-bond acceptors (Lipinski definition) is 5. The summed E-state index contributed by atoms with van der Waals surface area (Å²) in [6.07, 6.45) is 1.43. The quantitative estimate of drug-likeness (QED) is 0.724. The second kappa shape index (κ2) is 6.38. The summed E-state index contributed by atoms with van der Waals surface area (Å²) in [7, 11) is -3.79. The smallest absolute Gasteiger partial charge is 0.245 e. The highest BCUT2D eigenvalue weighted by Crippen LogP contribution is 2.20. The molecule has 0 atom stereocenters. The van der Waals surface area contributed by atoms with Crippen molar-refractivity contribution in [3.05, 3.63) is 24.0 Å². The van der Waals surface area contributed by atoms with Gasteiger partial charge in [-0.2, -0.15) is 4.31 Å². The van der Waals surface area contributed by atoms with E-state index in [1.54, 1.807) is 13.8 Å². The average molecular weight is 303 g/mol. The Bertz CT molecular complexity index is 558. The van der Waals surface area contributed by atoms with Crippen LogP contribution < -0.4 is 5.73 Å². The van der Waals surface area contributed by atoms with Crippen molar-refractivity contribution in [3.8, 4) is 0 Å². The molecule has 1 rings (SSSR count). The van der Waals surface area contributed by atoms with Crippen LogP contribution in [-0.4, -0.2) is 47.0 Å². The molecule has 0 fully saturated rings. The predicted octanol–water partition coefficient (Wildman–Crippen LogP) is 0.107. The molecule has 0 aliphatic carbocycles. The van der Waals surface area contributed by atoms with E-state index < -0.39 is 10.0 Å². The molecule has 0 bridgehead atoms. The Morgan fingerprint density at radius 1 is 1.58 bits per heavy atom. The first-order valence-electron chi connectivity index (χ1n) is 5.70. The zero-order chi connectivity index (χ0) is 14.6. The van der Waals surface area contributed by atoms with E-state index in [0.717, 1.165) is 0 Å². The summed E-state index contributed by atoms with van der Waals surface area (Å²) >= 11 is 4.82. The van der Waals surface area contributed by atoms with Crippen molar-refractivity contribution < 1.29 is 13.5 Å². The van der Waals surface area contributed by atoms with Crippen LogP contribution in [0.4, 0.5) is 0 Å². The highest BCUT2D eigenvalue weighted by molar-refractivity contribution is 7.89. The molecule has 0 unspecified atom stereocenters. The number of pyridine rings is 1. The normalized spacial score (nSPS) is 12.1. The number of nitrogens with zero attached hydrogens (tertiary/aromatic N) is 2. The Labute approximate surface area is 118 Å². The van der Waals surface area contributed by atoms with Gasteiger partial charge in [-0.25, -0.2) is 8.42 Å². The maximum atomic E-state index is 12.5. The number of rotatable bonds is 6. The Morgan fingerprint density at radius 3 is 2.68 bits per heavy atom. The van der Waals surface area contributed by atoms with Crippen LogP contribution in [0, 0.1) is 0 Å². The topological polar surface area (TPSA) is 96.5 Å². The molecule has 0 saturated heterocycles. The van der Waals surface area contributed by atoms with E-state index in [4.69, 9.17) is 23.1 Å². The van der Waals surface area contributed by atoms with Gasteiger partial charge in [0.05, 0.1) is 6.61 Å². The maximum Gasteiger partial charge on any atom is 0.245 e. The molecule has 0 spiro atoms. The molecule has 106 valence electrons. The van der Waals surface area contributed by atoms with Gasteiger partial charge in [0.25, 0.3) is 0 Å². The molecule has 0 saturated carbocycles. The maximum absolute atomic E-state index is 12.5. The second-order valence-electron chi connectivity index (χ2n) is 4.15. The average Bonchev–Trinajstić information content (AvgIpc) is 2.35. The number of aliphatic hydroxyl groups excluding tert-OH is 1. The first-order chi connectivity index (χ1) is 8.82. The highest BCUT2D eigenvalue weighted by Gasteiger charge is 2.29. The standard InChI is InChI=1S/C11H17N3O3S2/c1-8(2)14(6-7-15)19(16,17)9-4-3-5-13-10(9)11(12)18/h3-5,8,15H,6-7H2,1-2H3,(H2,12,18). The van der Waals surface area contributed by atoms with E-state index in [0.29, 0.717) is 0 Å². The third-order valence-corrected chi connectivity index (χ3v) is 4.79. The number of hydrogen-bond donors (Lipinski definition) is 2. The van der Waals surface area contributed by atoms with Crippen molar-refractivity contribution in [1.82, 2.24) is 9.29 Å².